The monoisotopic (exact) mass is 412 g/mol. The van der Waals surface area contributed by atoms with Crippen molar-refractivity contribution >= 4 is 69.4 Å². The van der Waals surface area contributed by atoms with Gasteiger partial charge in [-0.25, -0.2) is 9.97 Å². The zero-order chi connectivity index (χ0) is 19.9. The van der Waals surface area contributed by atoms with E-state index in [0.29, 0.717) is 0 Å². The summed E-state index contributed by atoms with van der Waals surface area (Å²) in [5, 5.41) is 0. The molecule has 0 amide bonds. The van der Waals surface area contributed by atoms with Crippen LogP contribution in [0.4, 0.5) is 0 Å². The molecule has 0 saturated carbocycles. The van der Waals surface area contributed by atoms with Crippen LogP contribution < -0.4 is 0 Å². The summed E-state index contributed by atoms with van der Waals surface area (Å²) in [6.07, 6.45) is 8.10. The van der Waals surface area contributed by atoms with Crippen molar-refractivity contribution in [3.8, 4) is 11.1 Å². The Hall–Kier alpha value is -3.41. The van der Waals surface area contributed by atoms with E-state index in [1.54, 1.807) is 0 Å². The average molecular weight is 413 g/mol. The van der Waals surface area contributed by atoms with E-state index >= 15 is 0 Å². The standard InChI is InChI=1S/C26H18N4.Mg.2H/c1-2-4-17(5-3-1)25-15-24-14-22-9-8-20(28-22)12-18-6-7-19(27-18)13-21-10-11-23(29-21)16-26(25)30-24;;;/h1-16,28,30H;;;/q;+2;2*-1. The maximum atomic E-state index is 4.76. The largest absolute Gasteiger partial charge is 2.00 e. The van der Waals surface area contributed by atoms with E-state index in [0.717, 1.165) is 50.4 Å². The van der Waals surface area contributed by atoms with E-state index in [-0.39, 0.29) is 25.9 Å². The molecule has 0 radical (unpaired) electrons. The van der Waals surface area contributed by atoms with Gasteiger partial charge in [-0.15, -0.1) is 0 Å². The predicted molar refractivity (Wildman–Crippen MR) is 132 cm³/mol. The summed E-state index contributed by atoms with van der Waals surface area (Å²) in [5.41, 5.74) is 10.1. The molecule has 0 aliphatic carbocycles. The van der Waals surface area contributed by atoms with Crippen LogP contribution in [0.1, 0.15) is 25.6 Å². The maximum Gasteiger partial charge on any atom is 2.00 e. The van der Waals surface area contributed by atoms with Crippen molar-refractivity contribution in [2.45, 2.75) is 0 Å². The van der Waals surface area contributed by atoms with Gasteiger partial charge in [-0.1, -0.05) is 30.3 Å². The number of hydrogen-bond donors (Lipinski definition) is 2. The van der Waals surface area contributed by atoms with Gasteiger partial charge in [0, 0.05) is 27.6 Å². The molecule has 2 aliphatic rings. The van der Waals surface area contributed by atoms with E-state index in [2.05, 4.69) is 69.5 Å². The van der Waals surface area contributed by atoms with E-state index in [9.17, 15) is 0 Å². The van der Waals surface area contributed by atoms with Crippen LogP contribution in [-0.2, 0) is 0 Å². The minimum absolute atomic E-state index is 0. The van der Waals surface area contributed by atoms with Crippen LogP contribution in [0.5, 0.6) is 0 Å². The third kappa shape index (κ3) is 3.97. The minimum Gasteiger partial charge on any atom is -1.00 e. The van der Waals surface area contributed by atoms with E-state index in [4.69, 9.17) is 4.98 Å². The summed E-state index contributed by atoms with van der Waals surface area (Å²) in [6, 6.07) is 25.0. The van der Waals surface area contributed by atoms with Crippen molar-refractivity contribution in [3.63, 3.8) is 0 Å². The topological polar surface area (TPSA) is 57.4 Å². The Morgan fingerprint density at radius 1 is 0.548 bits per heavy atom. The SMILES string of the molecule is C1=Cc2cc3ccc(cc4cc(-c5ccccc5)c(cc5nc(cc1n2)C=C5)[nH]4)[nH]3.[H-].[H-].[Mg+2]. The third-order valence-electron chi connectivity index (χ3n) is 5.25. The number of H-pyrrole nitrogens is 2. The van der Waals surface area contributed by atoms with Gasteiger partial charge in [-0.05, 0) is 72.3 Å². The Morgan fingerprint density at radius 3 is 1.87 bits per heavy atom. The van der Waals surface area contributed by atoms with Crippen molar-refractivity contribution in [1.29, 1.82) is 0 Å². The fourth-order valence-electron chi connectivity index (χ4n) is 3.87. The Kier molecular flexibility index (Phi) is 5.06. The van der Waals surface area contributed by atoms with Crippen molar-refractivity contribution in [2.75, 3.05) is 0 Å². The number of aromatic nitrogens is 4. The molecule has 0 fully saturated rings. The van der Waals surface area contributed by atoms with Crippen molar-refractivity contribution in [1.82, 2.24) is 19.9 Å². The maximum absolute atomic E-state index is 4.76. The van der Waals surface area contributed by atoms with Gasteiger partial charge in [-0.3, -0.25) is 0 Å². The first kappa shape index (κ1) is 19.5. The molecule has 0 unspecified atom stereocenters. The van der Waals surface area contributed by atoms with Crippen molar-refractivity contribution < 1.29 is 2.85 Å². The first-order valence-electron chi connectivity index (χ1n) is 9.92. The number of nitrogens with one attached hydrogen (secondary N) is 2. The zero-order valence-corrected chi connectivity index (χ0v) is 18.3. The number of hydrogen-bond acceptors (Lipinski definition) is 2. The molecule has 4 nitrogen and oxygen atoms in total. The van der Waals surface area contributed by atoms with Gasteiger partial charge in [-0.2, -0.15) is 0 Å². The molecule has 5 heteroatoms. The van der Waals surface area contributed by atoms with Crippen LogP contribution in [0, 0.1) is 0 Å². The molecule has 1 aromatic carbocycles. The molecule has 0 spiro atoms. The summed E-state index contributed by atoms with van der Waals surface area (Å²) in [4.78, 5) is 16.4. The molecule has 0 atom stereocenters. The Morgan fingerprint density at radius 2 is 1.16 bits per heavy atom. The van der Waals surface area contributed by atoms with Gasteiger partial charge in [0.05, 0.1) is 22.8 Å². The molecule has 3 aromatic heterocycles. The van der Waals surface area contributed by atoms with Gasteiger partial charge in [0.2, 0.25) is 0 Å². The summed E-state index contributed by atoms with van der Waals surface area (Å²) < 4.78 is 0. The molecule has 0 saturated heterocycles. The average Bonchev–Trinajstić information content (AvgIpc) is 3.53. The van der Waals surface area contributed by atoms with Gasteiger partial charge in [0.15, 0.2) is 0 Å². The Bertz CT molecular complexity index is 1500. The smallest absolute Gasteiger partial charge is 1.00 e. The van der Waals surface area contributed by atoms with Crippen molar-refractivity contribution in [3.05, 3.63) is 95.6 Å². The normalized spacial score (nSPS) is 12.0. The Labute approximate surface area is 198 Å². The molecular weight excluding hydrogens is 393 g/mol. The van der Waals surface area contributed by atoms with Gasteiger partial charge in [0.1, 0.15) is 0 Å². The van der Waals surface area contributed by atoms with Crippen molar-refractivity contribution in [2.24, 2.45) is 0 Å². The fraction of sp³-hybridized carbons (Fsp3) is 0. The predicted octanol–water partition coefficient (Wildman–Crippen LogP) is 6.17. The van der Waals surface area contributed by atoms with Gasteiger partial charge in [0.25, 0.3) is 0 Å². The molecule has 6 rings (SSSR count). The first-order chi connectivity index (χ1) is 14.8. The molecule has 5 heterocycles. The summed E-state index contributed by atoms with van der Waals surface area (Å²) in [7, 11) is 0. The number of rotatable bonds is 1. The second-order valence-corrected chi connectivity index (χ2v) is 7.45. The fourth-order valence-corrected chi connectivity index (χ4v) is 3.87. The van der Waals surface area contributed by atoms with Crippen LogP contribution in [-0.4, -0.2) is 43.0 Å². The zero-order valence-electron chi connectivity index (χ0n) is 18.8. The Balaban J connectivity index is 0.00000102. The molecule has 146 valence electrons. The van der Waals surface area contributed by atoms with Crippen LogP contribution in [0.25, 0.3) is 57.5 Å². The quantitative estimate of drug-likeness (QED) is 0.317. The summed E-state index contributed by atoms with van der Waals surface area (Å²) in [6.45, 7) is 0. The molecule has 2 aliphatic heterocycles. The summed E-state index contributed by atoms with van der Waals surface area (Å²) in [5.74, 6) is 0. The first-order valence-corrected chi connectivity index (χ1v) is 9.92. The molecular formula is C26H20MgN4. The minimum atomic E-state index is 0. The van der Waals surface area contributed by atoms with Gasteiger partial charge < -0.3 is 12.8 Å². The molecule has 2 N–H and O–H groups in total. The number of nitrogens with zero attached hydrogens (tertiary/aromatic N) is 2. The molecule has 4 aromatic rings. The van der Waals surface area contributed by atoms with E-state index in [1.165, 1.54) is 5.56 Å². The van der Waals surface area contributed by atoms with Crippen LogP contribution in [0.2, 0.25) is 0 Å². The number of aromatic amines is 2. The molecule has 8 bridgehead atoms. The van der Waals surface area contributed by atoms with Crippen LogP contribution >= 0.6 is 0 Å². The second kappa shape index (κ2) is 8.02. The summed E-state index contributed by atoms with van der Waals surface area (Å²) >= 11 is 0. The molecule has 31 heavy (non-hydrogen) atoms. The van der Waals surface area contributed by atoms with Crippen LogP contribution in [0.15, 0.2) is 72.8 Å². The third-order valence-corrected chi connectivity index (χ3v) is 5.25. The number of benzene rings is 1. The number of fused-ring (bicyclic) bond motifs is 8. The van der Waals surface area contributed by atoms with E-state index in [1.807, 2.05) is 42.5 Å². The van der Waals surface area contributed by atoms with E-state index < -0.39 is 0 Å². The van der Waals surface area contributed by atoms with Gasteiger partial charge >= 0.3 is 23.1 Å². The van der Waals surface area contributed by atoms with Crippen LogP contribution in [0.3, 0.4) is 0 Å². The second-order valence-electron chi connectivity index (χ2n) is 7.45.